The number of nitrogens with zero attached hydrogens (tertiary/aromatic N) is 1. The van der Waals surface area contributed by atoms with E-state index < -0.39 is 0 Å². The maximum atomic E-state index is 5.17. The number of aryl methyl sites for hydroxylation is 2. The fourth-order valence-corrected chi connectivity index (χ4v) is 4.72. The maximum absolute atomic E-state index is 5.17. The Morgan fingerprint density at radius 2 is 1.23 bits per heavy atom. The van der Waals surface area contributed by atoms with Gasteiger partial charge in [-0.05, 0) is 54.3 Å². The molecule has 0 bridgehead atoms. The third kappa shape index (κ3) is 3.94. The largest absolute Gasteiger partial charge is 0.354 e. The van der Waals surface area contributed by atoms with Crippen molar-refractivity contribution >= 4 is 17.5 Å². The van der Waals surface area contributed by atoms with E-state index >= 15 is 0 Å². The van der Waals surface area contributed by atoms with Gasteiger partial charge in [0.05, 0.1) is 11.4 Å². The molecule has 0 atom stereocenters. The van der Waals surface area contributed by atoms with E-state index in [1.807, 2.05) is 6.07 Å². The van der Waals surface area contributed by atoms with Crippen molar-refractivity contribution in [3.8, 4) is 22.4 Å². The average molecular weight is 451 g/mol. The van der Waals surface area contributed by atoms with Gasteiger partial charge in [-0.25, -0.2) is 4.99 Å². The van der Waals surface area contributed by atoms with Crippen LogP contribution in [0, 0.1) is 13.8 Å². The summed E-state index contributed by atoms with van der Waals surface area (Å²) in [5.41, 5.74) is 13.8. The number of benzene rings is 4. The van der Waals surface area contributed by atoms with Crippen LogP contribution in [0.15, 0.2) is 114 Å². The Labute approximate surface area is 206 Å². The molecule has 2 heteroatoms. The van der Waals surface area contributed by atoms with E-state index in [4.69, 9.17) is 4.99 Å². The number of H-pyrrole nitrogens is 1. The van der Waals surface area contributed by atoms with Crippen LogP contribution < -0.4 is 0 Å². The molecule has 4 aromatic carbocycles. The second-order valence-corrected chi connectivity index (χ2v) is 9.08. The topological polar surface area (TPSA) is 28.1 Å². The highest BCUT2D eigenvalue weighted by atomic mass is 14.8. The summed E-state index contributed by atoms with van der Waals surface area (Å²) in [4.78, 5) is 8.85. The number of aromatic amines is 1. The first-order valence-electron chi connectivity index (χ1n) is 12.0. The molecular weight excluding hydrogens is 424 g/mol. The zero-order chi connectivity index (χ0) is 23.8. The lowest BCUT2D eigenvalue weighted by Crippen LogP contribution is -2.01. The van der Waals surface area contributed by atoms with Crippen LogP contribution in [0.25, 0.3) is 34.2 Å². The minimum atomic E-state index is 0.979. The highest BCUT2D eigenvalue weighted by Crippen LogP contribution is 2.36. The van der Waals surface area contributed by atoms with Crippen LogP contribution in [0.4, 0.5) is 0 Å². The van der Waals surface area contributed by atoms with Crippen LogP contribution in [0.3, 0.4) is 0 Å². The van der Waals surface area contributed by atoms with Crippen LogP contribution in [-0.2, 0) is 0 Å². The first-order valence-corrected chi connectivity index (χ1v) is 12.0. The van der Waals surface area contributed by atoms with Crippen molar-refractivity contribution in [1.29, 1.82) is 0 Å². The van der Waals surface area contributed by atoms with Crippen molar-refractivity contribution in [3.63, 3.8) is 0 Å². The zero-order valence-corrected chi connectivity index (χ0v) is 19.9. The van der Waals surface area contributed by atoms with Gasteiger partial charge >= 0.3 is 0 Å². The number of rotatable bonds is 4. The number of nitrogens with one attached hydrogen (secondary N) is 1. The van der Waals surface area contributed by atoms with Gasteiger partial charge in [0, 0.05) is 33.6 Å². The molecule has 1 aliphatic heterocycles. The van der Waals surface area contributed by atoms with Crippen LogP contribution in [0.2, 0.25) is 0 Å². The number of hydrogen-bond acceptors (Lipinski definition) is 1. The van der Waals surface area contributed by atoms with Gasteiger partial charge in [0.2, 0.25) is 0 Å². The Bertz CT molecular complexity index is 1590. The molecular formula is C33H26N2. The molecule has 0 spiro atoms. The van der Waals surface area contributed by atoms with E-state index in [9.17, 15) is 0 Å². The molecule has 0 saturated carbocycles. The molecule has 1 aromatic heterocycles. The normalized spacial score (nSPS) is 13.7. The monoisotopic (exact) mass is 450 g/mol. The standard InChI is InChI=1S/C33H26N2/c1-22-17-18-26(19-23(22)2)33-28-16-10-9-15-27(28)31(35-33)21-32-29(24-11-5-3-6-12-24)20-30(34-32)25-13-7-4-8-14-25/h3-21,34H,1-2H3/b31-21-. The van der Waals surface area contributed by atoms with Gasteiger partial charge in [0.1, 0.15) is 0 Å². The zero-order valence-electron chi connectivity index (χ0n) is 19.9. The second kappa shape index (κ2) is 8.73. The third-order valence-electron chi connectivity index (χ3n) is 6.77. The molecule has 0 saturated heterocycles. The predicted molar refractivity (Wildman–Crippen MR) is 148 cm³/mol. The molecule has 35 heavy (non-hydrogen) atoms. The van der Waals surface area contributed by atoms with Crippen LogP contribution in [-0.4, -0.2) is 10.7 Å². The van der Waals surface area contributed by atoms with Gasteiger partial charge in [-0.15, -0.1) is 0 Å². The summed E-state index contributed by atoms with van der Waals surface area (Å²) < 4.78 is 0. The fourth-order valence-electron chi connectivity index (χ4n) is 4.72. The van der Waals surface area contributed by atoms with E-state index in [0.717, 1.165) is 33.9 Å². The summed E-state index contributed by atoms with van der Waals surface area (Å²) in [5.74, 6) is 0. The summed E-state index contributed by atoms with van der Waals surface area (Å²) in [6.45, 7) is 4.31. The number of fused-ring (bicyclic) bond motifs is 1. The first-order chi connectivity index (χ1) is 17.2. The molecule has 0 amide bonds. The first kappa shape index (κ1) is 21.1. The molecule has 1 N–H and O–H groups in total. The van der Waals surface area contributed by atoms with Crippen molar-refractivity contribution in [2.75, 3.05) is 0 Å². The molecule has 2 nitrogen and oxygen atoms in total. The number of aliphatic imine (C=N–C) groups is 1. The van der Waals surface area contributed by atoms with E-state index in [1.165, 1.54) is 33.4 Å². The van der Waals surface area contributed by atoms with Crippen molar-refractivity contribution in [1.82, 2.24) is 4.98 Å². The lowest BCUT2D eigenvalue weighted by atomic mass is 9.96. The Balaban J connectivity index is 1.52. The van der Waals surface area contributed by atoms with Crippen molar-refractivity contribution in [2.24, 2.45) is 4.99 Å². The highest BCUT2D eigenvalue weighted by Gasteiger charge is 2.22. The van der Waals surface area contributed by atoms with Crippen LogP contribution in [0.1, 0.15) is 33.5 Å². The lowest BCUT2D eigenvalue weighted by Gasteiger charge is -2.06. The minimum absolute atomic E-state index is 0.979. The smallest absolute Gasteiger partial charge is 0.0788 e. The number of aromatic nitrogens is 1. The molecule has 2 heterocycles. The van der Waals surface area contributed by atoms with Gasteiger partial charge in [0.25, 0.3) is 0 Å². The summed E-state index contributed by atoms with van der Waals surface area (Å²) in [7, 11) is 0. The van der Waals surface area contributed by atoms with Gasteiger partial charge in [-0.1, -0.05) is 97.1 Å². The molecule has 0 aliphatic carbocycles. The molecule has 5 aromatic rings. The number of hydrogen-bond donors (Lipinski definition) is 1. The molecule has 0 radical (unpaired) electrons. The lowest BCUT2D eigenvalue weighted by molar-refractivity contribution is 1.33. The maximum Gasteiger partial charge on any atom is 0.0788 e. The van der Waals surface area contributed by atoms with E-state index in [0.29, 0.717) is 0 Å². The quantitative estimate of drug-likeness (QED) is 0.285. The van der Waals surface area contributed by atoms with Crippen molar-refractivity contribution in [2.45, 2.75) is 13.8 Å². The Morgan fingerprint density at radius 3 is 1.94 bits per heavy atom. The average Bonchev–Trinajstić information content (AvgIpc) is 3.49. The fraction of sp³-hybridized carbons (Fsp3) is 0.0606. The minimum Gasteiger partial charge on any atom is -0.354 e. The van der Waals surface area contributed by atoms with Gasteiger partial charge < -0.3 is 4.98 Å². The van der Waals surface area contributed by atoms with Crippen LogP contribution in [0.5, 0.6) is 0 Å². The van der Waals surface area contributed by atoms with Gasteiger partial charge in [0.15, 0.2) is 0 Å². The SMILES string of the molecule is Cc1ccc(C2=N/C(=C\c3[nH]c(-c4ccccc4)cc3-c3ccccc3)c3ccccc32)cc1C. The summed E-state index contributed by atoms with van der Waals surface area (Å²) in [6, 6.07) is 38.4. The van der Waals surface area contributed by atoms with Gasteiger partial charge in [-0.3, -0.25) is 0 Å². The Kier molecular flexibility index (Phi) is 5.27. The molecule has 1 aliphatic rings. The molecule has 0 unspecified atom stereocenters. The van der Waals surface area contributed by atoms with Crippen molar-refractivity contribution < 1.29 is 0 Å². The Hall–Kier alpha value is -4.43. The van der Waals surface area contributed by atoms with E-state index in [2.05, 4.69) is 128 Å². The summed E-state index contributed by atoms with van der Waals surface area (Å²) in [5, 5.41) is 0. The summed E-state index contributed by atoms with van der Waals surface area (Å²) >= 11 is 0. The van der Waals surface area contributed by atoms with Crippen molar-refractivity contribution in [3.05, 3.63) is 143 Å². The second-order valence-electron chi connectivity index (χ2n) is 9.08. The Morgan fingerprint density at radius 1 is 0.571 bits per heavy atom. The third-order valence-corrected chi connectivity index (χ3v) is 6.77. The molecule has 6 rings (SSSR count). The van der Waals surface area contributed by atoms with E-state index in [1.54, 1.807) is 0 Å². The molecule has 168 valence electrons. The van der Waals surface area contributed by atoms with Crippen LogP contribution >= 0.6 is 0 Å². The molecule has 0 fully saturated rings. The van der Waals surface area contributed by atoms with E-state index in [-0.39, 0.29) is 0 Å². The highest BCUT2D eigenvalue weighted by molar-refractivity contribution is 6.21. The summed E-state index contributed by atoms with van der Waals surface area (Å²) in [6.07, 6.45) is 2.20. The van der Waals surface area contributed by atoms with Gasteiger partial charge in [-0.2, -0.15) is 0 Å². The predicted octanol–water partition coefficient (Wildman–Crippen LogP) is 8.31.